The second kappa shape index (κ2) is 6.98. The average molecular weight is 337 g/mol. The monoisotopic (exact) mass is 336 g/mol. The molecule has 0 saturated carbocycles. The summed E-state index contributed by atoms with van der Waals surface area (Å²) in [7, 11) is 0. The molecule has 0 spiro atoms. The molecule has 2 amide bonds. The highest BCUT2D eigenvalue weighted by atomic mass is 79.9. The first-order valence-corrected chi connectivity index (χ1v) is 7.41. The number of hydrogen-bond donors (Lipinski definition) is 0. The third-order valence-corrected chi connectivity index (χ3v) is 2.82. The van der Waals surface area contributed by atoms with Gasteiger partial charge >= 0.3 is 12.2 Å². The minimum atomic E-state index is -0.497. The van der Waals surface area contributed by atoms with Crippen LogP contribution in [0.15, 0.2) is 0 Å². The van der Waals surface area contributed by atoms with E-state index < -0.39 is 5.60 Å². The van der Waals surface area contributed by atoms with Gasteiger partial charge in [0.15, 0.2) is 0 Å². The van der Waals surface area contributed by atoms with Crippen molar-refractivity contribution in [1.82, 2.24) is 9.80 Å². The molecule has 7 heteroatoms. The lowest BCUT2D eigenvalue weighted by atomic mass is 10.2. The van der Waals surface area contributed by atoms with Crippen LogP contribution in [0.1, 0.15) is 20.8 Å². The van der Waals surface area contributed by atoms with Crippen molar-refractivity contribution in [2.45, 2.75) is 26.4 Å². The molecule has 19 heavy (non-hydrogen) atoms. The molecule has 1 aliphatic rings. The van der Waals surface area contributed by atoms with Crippen molar-refractivity contribution in [3.05, 3.63) is 0 Å². The molecule has 1 fully saturated rings. The van der Waals surface area contributed by atoms with E-state index in [-0.39, 0.29) is 12.2 Å². The second-order valence-electron chi connectivity index (χ2n) is 5.26. The first-order valence-electron chi connectivity index (χ1n) is 6.29. The Morgan fingerprint density at radius 2 is 1.53 bits per heavy atom. The van der Waals surface area contributed by atoms with Gasteiger partial charge in [-0.05, 0) is 20.8 Å². The maximum absolute atomic E-state index is 11.8. The molecule has 0 aromatic rings. The third-order valence-electron chi connectivity index (χ3n) is 2.49. The Morgan fingerprint density at radius 3 is 1.95 bits per heavy atom. The highest BCUT2D eigenvalue weighted by Gasteiger charge is 2.28. The van der Waals surface area contributed by atoms with E-state index in [0.29, 0.717) is 38.1 Å². The zero-order valence-electron chi connectivity index (χ0n) is 11.6. The Bertz CT molecular complexity index is 322. The maximum atomic E-state index is 11.8. The minimum Gasteiger partial charge on any atom is -0.449 e. The van der Waals surface area contributed by atoms with Gasteiger partial charge in [-0.1, -0.05) is 15.9 Å². The van der Waals surface area contributed by atoms with E-state index in [1.807, 2.05) is 20.8 Å². The molecular weight excluding hydrogens is 316 g/mol. The van der Waals surface area contributed by atoms with Gasteiger partial charge in [-0.3, -0.25) is 0 Å². The van der Waals surface area contributed by atoms with Crippen molar-refractivity contribution in [3.63, 3.8) is 0 Å². The Hall–Kier alpha value is -0.980. The minimum absolute atomic E-state index is 0.330. The molecule has 0 atom stereocenters. The predicted octanol–water partition coefficient (Wildman–Crippen LogP) is 2.07. The molecule has 0 N–H and O–H groups in total. The van der Waals surface area contributed by atoms with Crippen LogP contribution in [-0.2, 0) is 9.47 Å². The van der Waals surface area contributed by atoms with Crippen LogP contribution in [-0.4, -0.2) is 65.7 Å². The first-order chi connectivity index (χ1) is 8.83. The Balaban J connectivity index is 2.36. The first kappa shape index (κ1) is 16.1. The summed E-state index contributed by atoms with van der Waals surface area (Å²) in [4.78, 5) is 26.6. The number of carbonyl (C=O) groups is 2. The molecule has 1 aliphatic heterocycles. The summed E-state index contributed by atoms with van der Waals surface area (Å²) in [5.41, 5.74) is -0.497. The zero-order valence-corrected chi connectivity index (χ0v) is 13.2. The molecule has 0 bridgehead atoms. The molecule has 1 heterocycles. The van der Waals surface area contributed by atoms with Gasteiger partial charge in [-0.15, -0.1) is 0 Å². The largest absolute Gasteiger partial charge is 0.449 e. The highest BCUT2D eigenvalue weighted by molar-refractivity contribution is 9.09. The molecule has 0 radical (unpaired) electrons. The van der Waals surface area contributed by atoms with E-state index in [1.54, 1.807) is 9.80 Å². The fourth-order valence-electron chi connectivity index (χ4n) is 1.62. The summed E-state index contributed by atoms with van der Waals surface area (Å²) in [5.74, 6) is 0. The summed E-state index contributed by atoms with van der Waals surface area (Å²) < 4.78 is 10.3. The lowest BCUT2D eigenvalue weighted by Gasteiger charge is -2.35. The Morgan fingerprint density at radius 1 is 1.05 bits per heavy atom. The van der Waals surface area contributed by atoms with Crippen molar-refractivity contribution in [1.29, 1.82) is 0 Å². The molecular formula is C12H21BrN2O4. The fourth-order valence-corrected chi connectivity index (χ4v) is 1.78. The van der Waals surface area contributed by atoms with Crippen LogP contribution in [0, 0.1) is 0 Å². The molecule has 1 saturated heterocycles. The molecule has 6 nitrogen and oxygen atoms in total. The number of rotatable bonds is 2. The standard InChI is InChI=1S/C12H21BrN2O4/c1-12(2,3)19-11(17)15-7-5-14(6-8-15)10(16)18-9-4-13/h4-9H2,1-3H3. The van der Waals surface area contributed by atoms with Crippen molar-refractivity contribution in [2.75, 3.05) is 38.1 Å². The van der Waals surface area contributed by atoms with Gasteiger partial charge in [0.2, 0.25) is 0 Å². The van der Waals surface area contributed by atoms with E-state index >= 15 is 0 Å². The van der Waals surface area contributed by atoms with E-state index in [9.17, 15) is 9.59 Å². The highest BCUT2D eigenvalue weighted by Crippen LogP contribution is 2.12. The SMILES string of the molecule is CC(C)(C)OC(=O)N1CCN(C(=O)OCCBr)CC1. The quantitative estimate of drug-likeness (QED) is 0.724. The third kappa shape index (κ3) is 5.67. The summed E-state index contributed by atoms with van der Waals surface area (Å²) in [5, 5.41) is 0.622. The van der Waals surface area contributed by atoms with Crippen LogP contribution in [0.3, 0.4) is 0 Å². The van der Waals surface area contributed by atoms with Gasteiger partial charge in [-0.2, -0.15) is 0 Å². The number of alkyl halides is 1. The smallest absolute Gasteiger partial charge is 0.410 e. The lowest BCUT2D eigenvalue weighted by molar-refractivity contribution is 0.0133. The predicted molar refractivity (Wildman–Crippen MR) is 74.5 cm³/mol. The summed E-state index contributed by atoms with van der Waals surface area (Å²) in [6.07, 6.45) is -0.663. The van der Waals surface area contributed by atoms with Crippen molar-refractivity contribution < 1.29 is 19.1 Å². The summed E-state index contributed by atoms with van der Waals surface area (Å²) in [6.45, 7) is 7.73. The van der Waals surface area contributed by atoms with E-state index in [2.05, 4.69) is 15.9 Å². The lowest BCUT2D eigenvalue weighted by Crippen LogP contribution is -2.51. The topological polar surface area (TPSA) is 59.1 Å². The summed E-state index contributed by atoms with van der Waals surface area (Å²) >= 11 is 3.19. The fraction of sp³-hybridized carbons (Fsp3) is 0.833. The van der Waals surface area contributed by atoms with Crippen molar-refractivity contribution in [2.24, 2.45) is 0 Å². The molecule has 1 rings (SSSR count). The molecule has 0 unspecified atom stereocenters. The number of hydrogen-bond acceptors (Lipinski definition) is 4. The van der Waals surface area contributed by atoms with Crippen LogP contribution in [0.4, 0.5) is 9.59 Å². The number of carbonyl (C=O) groups excluding carboxylic acids is 2. The number of halogens is 1. The summed E-state index contributed by atoms with van der Waals surface area (Å²) in [6, 6.07) is 0. The van der Waals surface area contributed by atoms with E-state index in [1.165, 1.54) is 0 Å². The zero-order chi connectivity index (χ0) is 14.5. The van der Waals surface area contributed by atoms with Crippen LogP contribution < -0.4 is 0 Å². The van der Waals surface area contributed by atoms with Gasteiger partial charge < -0.3 is 19.3 Å². The van der Waals surface area contributed by atoms with Crippen LogP contribution in [0.25, 0.3) is 0 Å². The van der Waals surface area contributed by atoms with Crippen LogP contribution >= 0.6 is 15.9 Å². The van der Waals surface area contributed by atoms with Gasteiger partial charge in [0.05, 0.1) is 0 Å². The van der Waals surface area contributed by atoms with Crippen molar-refractivity contribution >= 4 is 28.1 Å². The average Bonchev–Trinajstić information content (AvgIpc) is 2.34. The molecule has 0 aliphatic carbocycles. The second-order valence-corrected chi connectivity index (χ2v) is 6.05. The van der Waals surface area contributed by atoms with Gasteiger partial charge in [-0.25, -0.2) is 9.59 Å². The van der Waals surface area contributed by atoms with Crippen LogP contribution in [0.5, 0.6) is 0 Å². The van der Waals surface area contributed by atoms with Gasteiger partial charge in [0.1, 0.15) is 12.2 Å². The molecule has 0 aromatic carbocycles. The number of piperazine rings is 1. The number of amides is 2. The molecule has 0 aromatic heterocycles. The Kier molecular flexibility index (Phi) is 5.90. The van der Waals surface area contributed by atoms with E-state index in [4.69, 9.17) is 9.47 Å². The maximum Gasteiger partial charge on any atom is 0.410 e. The number of nitrogens with zero attached hydrogens (tertiary/aromatic N) is 2. The van der Waals surface area contributed by atoms with E-state index in [0.717, 1.165) is 0 Å². The van der Waals surface area contributed by atoms with Gasteiger partial charge in [0.25, 0.3) is 0 Å². The Labute approximate surface area is 122 Å². The normalized spacial score (nSPS) is 16.2. The van der Waals surface area contributed by atoms with Crippen molar-refractivity contribution in [3.8, 4) is 0 Å². The molecule has 110 valence electrons. The van der Waals surface area contributed by atoms with Gasteiger partial charge in [0, 0.05) is 31.5 Å². The van der Waals surface area contributed by atoms with Crippen LogP contribution in [0.2, 0.25) is 0 Å². The number of ether oxygens (including phenoxy) is 2.